The predicted octanol–water partition coefficient (Wildman–Crippen LogP) is 6.65. The van der Waals surface area contributed by atoms with Gasteiger partial charge in [0.15, 0.2) is 11.5 Å². The summed E-state index contributed by atoms with van der Waals surface area (Å²) in [5.74, 6) is 1.33. The molecular formula is C33H47NO7. The van der Waals surface area contributed by atoms with Crippen molar-refractivity contribution in [3.8, 4) is 11.5 Å². The van der Waals surface area contributed by atoms with Crippen molar-refractivity contribution in [1.29, 1.82) is 0 Å². The number of ether oxygens (including phenoxy) is 5. The summed E-state index contributed by atoms with van der Waals surface area (Å²) in [5, 5.41) is 3.23. The van der Waals surface area contributed by atoms with Gasteiger partial charge >= 0.3 is 12.1 Å². The second kappa shape index (κ2) is 15.7. The molecule has 1 aliphatic rings. The minimum atomic E-state index is -0.759. The molecule has 1 aliphatic heterocycles. The maximum atomic E-state index is 13.3. The lowest BCUT2D eigenvalue weighted by atomic mass is 9.75. The van der Waals surface area contributed by atoms with Gasteiger partial charge in [-0.15, -0.1) is 0 Å². The Balaban J connectivity index is 1.84. The van der Waals surface area contributed by atoms with Crippen LogP contribution in [0.15, 0.2) is 48.5 Å². The molecular weight excluding hydrogens is 522 g/mol. The van der Waals surface area contributed by atoms with Crippen LogP contribution in [0, 0.1) is 17.8 Å². The number of carbonyl (C=O) groups excluding carboxylic acids is 2. The van der Waals surface area contributed by atoms with E-state index >= 15 is 0 Å². The molecule has 1 fully saturated rings. The number of rotatable bonds is 16. The van der Waals surface area contributed by atoms with Gasteiger partial charge in [0.1, 0.15) is 12.7 Å². The first-order valence-corrected chi connectivity index (χ1v) is 14.7. The number of alkyl carbamates (subject to hydrolysis) is 1. The van der Waals surface area contributed by atoms with Crippen LogP contribution in [0.5, 0.6) is 11.5 Å². The van der Waals surface area contributed by atoms with Crippen molar-refractivity contribution < 1.29 is 33.3 Å². The first-order valence-electron chi connectivity index (χ1n) is 14.7. The number of hydrogen-bond acceptors (Lipinski definition) is 7. The molecule has 3 atom stereocenters. The van der Waals surface area contributed by atoms with E-state index in [4.69, 9.17) is 23.7 Å². The van der Waals surface area contributed by atoms with Crippen molar-refractivity contribution in [2.24, 2.45) is 17.8 Å². The highest BCUT2D eigenvalue weighted by molar-refractivity contribution is 5.74. The standard InChI is InChI=1S/C33H47NO7/c1-23(2)28-21-27(41-31(28)35)14-10-17-33(24(3)4,34-32(36)40-22-25-12-8-7-9-13-25)26-15-16-29(38-6)30(20-26)39-19-11-18-37-5/h7-9,12-13,15-16,20,23-24,27-28H,10-11,14,17-19,21-22H2,1-6H3,(H,34,36). The fraction of sp³-hybridized carbons (Fsp3) is 0.576. The summed E-state index contributed by atoms with van der Waals surface area (Å²) in [5.41, 5.74) is 1.05. The van der Waals surface area contributed by atoms with E-state index in [9.17, 15) is 9.59 Å². The lowest BCUT2D eigenvalue weighted by Gasteiger charge is -2.39. The van der Waals surface area contributed by atoms with Crippen molar-refractivity contribution in [2.75, 3.05) is 27.4 Å². The van der Waals surface area contributed by atoms with Crippen LogP contribution in [0.4, 0.5) is 4.79 Å². The molecule has 2 aromatic rings. The quantitative estimate of drug-likeness (QED) is 0.179. The SMILES string of the molecule is COCCCOc1cc(C(CCCC2CC(C(C)C)C(=O)O2)(NC(=O)OCc2ccccc2)C(C)C)ccc1OC. The van der Waals surface area contributed by atoms with Crippen molar-refractivity contribution in [3.63, 3.8) is 0 Å². The van der Waals surface area contributed by atoms with Crippen molar-refractivity contribution in [2.45, 2.75) is 78.0 Å². The zero-order valence-electron chi connectivity index (χ0n) is 25.4. The number of nitrogens with one attached hydrogen (secondary N) is 1. The lowest BCUT2D eigenvalue weighted by Crippen LogP contribution is -2.50. The molecule has 41 heavy (non-hydrogen) atoms. The maximum absolute atomic E-state index is 13.3. The fourth-order valence-corrected chi connectivity index (χ4v) is 5.45. The first kappa shape index (κ1) is 32.3. The van der Waals surface area contributed by atoms with Gasteiger partial charge in [0.2, 0.25) is 0 Å². The molecule has 2 aromatic carbocycles. The summed E-state index contributed by atoms with van der Waals surface area (Å²) < 4.78 is 28.2. The predicted molar refractivity (Wildman–Crippen MR) is 158 cm³/mol. The minimum absolute atomic E-state index is 0.0102. The summed E-state index contributed by atoms with van der Waals surface area (Å²) in [6.07, 6.45) is 2.96. The molecule has 0 saturated carbocycles. The Kier molecular flexibility index (Phi) is 12.3. The largest absolute Gasteiger partial charge is 0.493 e. The molecule has 3 unspecified atom stereocenters. The van der Waals surface area contributed by atoms with Gasteiger partial charge in [-0.25, -0.2) is 4.79 Å². The number of hydrogen-bond donors (Lipinski definition) is 1. The molecule has 3 rings (SSSR count). The first-order chi connectivity index (χ1) is 19.7. The van der Waals surface area contributed by atoms with E-state index in [2.05, 4.69) is 33.0 Å². The second-order valence-corrected chi connectivity index (χ2v) is 11.4. The molecule has 1 saturated heterocycles. The Labute approximate surface area is 245 Å². The highest BCUT2D eigenvalue weighted by Crippen LogP contribution is 2.40. The molecule has 1 N–H and O–H groups in total. The number of carbonyl (C=O) groups is 2. The topological polar surface area (TPSA) is 92.3 Å². The molecule has 0 spiro atoms. The van der Waals surface area contributed by atoms with Crippen LogP contribution in [0.25, 0.3) is 0 Å². The average molecular weight is 570 g/mol. The normalized spacial score (nSPS) is 18.2. The average Bonchev–Trinajstić information content (AvgIpc) is 3.34. The van der Waals surface area contributed by atoms with E-state index in [1.807, 2.05) is 48.5 Å². The molecule has 1 amide bonds. The molecule has 8 heteroatoms. The molecule has 0 radical (unpaired) electrons. The van der Waals surface area contributed by atoms with Crippen LogP contribution >= 0.6 is 0 Å². The van der Waals surface area contributed by atoms with Crippen LogP contribution < -0.4 is 14.8 Å². The smallest absolute Gasteiger partial charge is 0.408 e. The van der Waals surface area contributed by atoms with E-state index < -0.39 is 11.6 Å². The van der Waals surface area contributed by atoms with Gasteiger partial charge in [-0.3, -0.25) is 4.79 Å². The Morgan fingerprint density at radius 3 is 2.41 bits per heavy atom. The number of methoxy groups -OCH3 is 2. The lowest BCUT2D eigenvalue weighted by molar-refractivity contribution is -0.145. The van der Waals surface area contributed by atoms with Gasteiger partial charge in [0.25, 0.3) is 0 Å². The Morgan fingerprint density at radius 2 is 1.78 bits per heavy atom. The number of cyclic esters (lactones) is 1. The van der Waals surface area contributed by atoms with Gasteiger partial charge in [-0.05, 0) is 60.8 Å². The van der Waals surface area contributed by atoms with Crippen molar-refractivity contribution >= 4 is 12.1 Å². The van der Waals surface area contributed by atoms with Crippen LogP contribution in [0.3, 0.4) is 0 Å². The van der Waals surface area contributed by atoms with E-state index in [0.29, 0.717) is 31.1 Å². The number of esters is 1. The van der Waals surface area contributed by atoms with E-state index in [1.54, 1.807) is 14.2 Å². The van der Waals surface area contributed by atoms with Crippen LogP contribution in [-0.4, -0.2) is 45.6 Å². The van der Waals surface area contributed by atoms with Crippen molar-refractivity contribution in [1.82, 2.24) is 5.32 Å². The minimum Gasteiger partial charge on any atom is -0.493 e. The zero-order valence-corrected chi connectivity index (χ0v) is 25.4. The van der Waals surface area contributed by atoms with Crippen LogP contribution in [0.2, 0.25) is 0 Å². The van der Waals surface area contributed by atoms with Gasteiger partial charge in [-0.1, -0.05) is 64.1 Å². The number of benzene rings is 2. The Bertz CT molecular complexity index is 1100. The monoisotopic (exact) mass is 569 g/mol. The van der Waals surface area contributed by atoms with E-state index in [1.165, 1.54) is 0 Å². The van der Waals surface area contributed by atoms with Gasteiger partial charge in [-0.2, -0.15) is 0 Å². The Hall–Kier alpha value is -3.26. The molecule has 226 valence electrons. The maximum Gasteiger partial charge on any atom is 0.408 e. The third kappa shape index (κ3) is 8.86. The third-order valence-electron chi connectivity index (χ3n) is 7.96. The summed E-state index contributed by atoms with van der Waals surface area (Å²) in [4.78, 5) is 25.6. The molecule has 8 nitrogen and oxygen atoms in total. The fourth-order valence-electron chi connectivity index (χ4n) is 5.45. The van der Waals surface area contributed by atoms with Gasteiger partial charge in [0, 0.05) is 20.1 Å². The highest BCUT2D eigenvalue weighted by atomic mass is 16.6. The second-order valence-electron chi connectivity index (χ2n) is 11.4. The molecule has 0 aromatic heterocycles. The summed E-state index contributed by atoms with van der Waals surface area (Å²) in [7, 11) is 3.27. The van der Waals surface area contributed by atoms with E-state index in [0.717, 1.165) is 36.8 Å². The van der Waals surface area contributed by atoms with Crippen LogP contribution in [-0.2, 0) is 31.2 Å². The Morgan fingerprint density at radius 1 is 1.02 bits per heavy atom. The summed E-state index contributed by atoms with van der Waals surface area (Å²) in [6, 6.07) is 15.4. The number of amides is 1. The molecule has 0 aliphatic carbocycles. The van der Waals surface area contributed by atoms with E-state index in [-0.39, 0.29) is 36.4 Å². The molecule has 0 bridgehead atoms. The summed E-state index contributed by atoms with van der Waals surface area (Å²) in [6.45, 7) is 9.53. The highest BCUT2D eigenvalue weighted by Gasteiger charge is 2.40. The van der Waals surface area contributed by atoms with Gasteiger partial charge in [0.05, 0.1) is 25.2 Å². The van der Waals surface area contributed by atoms with Crippen molar-refractivity contribution in [3.05, 3.63) is 59.7 Å². The summed E-state index contributed by atoms with van der Waals surface area (Å²) >= 11 is 0. The third-order valence-corrected chi connectivity index (χ3v) is 7.96. The molecule has 1 heterocycles. The zero-order chi connectivity index (χ0) is 29.8. The van der Waals surface area contributed by atoms with Gasteiger partial charge < -0.3 is 29.0 Å². The van der Waals surface area contributed by atoms with Crippen LogP contribution in [0.1, 0.15) is 70.9 Å².